The van der Waals surface area contributed by atoms with Gasteiger partial charge in [-0.3, -0.25) is 0 Å². The van der Waals surface area contributed by atoms with E-state index in [1.807, 2.05) is 24.3 Å². The van der Waals surface area contributed by atoms with Gasteiger partial charge in [0.15, 0.2) is 11.5 Å². The van der Waals surface area contributed by atoms with E-state index in [2.05, 4.69) is 4.90 Å². The summed E-state index contributed by atoms with van der Waals surface area (Å²) in [4.78, 5) is 2.48. The molecule has 0 amide bonds. The van der Waals surface area contributed by atoms with Crippen molar-refractivity contribution in [2.75, 3.05) is 73.0 Å². The number of rotatable bonds is 14. The van der Waals surface area contributed by atoms with Crippen LogP contribution in [0, 0.1) is 0 Å². The molecule has 6 nitrogen and oxygen atoms in total. The van der Waals surface area contributed by atoms with Gasteiger partial charge in [-0.05, 0) is 38.1 Å². The fourth-order valence-corrected chi connectivity index (χ4v) is 2.87. The summed E-state index contributed by atoms with van der Waals surface area (Å²) in [7, 11) is 1.63. The zero-order valence-corrected chi connectivity index (χ0v) is 16.0. The molecular formula is C20H33NO5. The Morgan fingerprint density at radius 3 is 1.96 bits per heavy atom. The van der Waals surface area contributed by atoms with Crippen molar-refractivity contribution in [3.63, 3.8) is 0 Å². The Balaban J connectivity index is 1.34. The Morgan fingerprint density at radius 2 is 1.31 bits per heavy atom. The number of piperidine rings is 1. The minimum atomic E-state index is 0.486. The van der Waals surface area contributed by atoms with E-state index < -0.39 is 0 Å². The molecule has 1 aromatic carbocycles. The third kappa shape index (κ3) is 8.85. The molecule has 1 aromatic rings. The lowest BCUT2D eigenvalue weighted by molar-refractivity contribution is 0.00529. The Morgan fingerprint density at radius 1 is 0.731 bits per heavy atom. The molecule has 1 heterocycles. The highest BCUT2D eigenvalue weighted by Crippen LogP contribution is 2.25. The van der Waals surface area contributed by atoms with Crippen molar-refractivity contribution in [3.05, 3.63) is 24.3 Å². The second kappa shape index (κ2) is 13.8. The Labute approximate surface area is 157 Å². The number of benzene rings is 1. The zero-order valence-electron chi connectivity index (χ0n) is 16.0. The van der Waals surface area contributed by atoms with Crippen LogP contribution in [0.2, 0.25) is 0 Å². The third-order valence-electron chi connectivity index (χ3n) is 4.30. The van der Waals surface area contributed by atoms with Crippen LogP contribution in [0.15, 0.2) is 24.3 Å². The summed E-state index contributed by atoms with van der Waals surface area (Å²) in [6.07, 6.45) is 4.03. The van der Waals surface area contributed by atoms with Crippen molar-refractivity contribution in [1.82, 2.24) is 4.90 Å². The molecule has 0 N–H and O–H groups in total. The van der Waals surface area contributed by atoms with Gasteiger partial charge in [0, 0.05) is 6.54 Å². The highest BCUT2D eigenvalue weighted by Gasteiger charge is 2.08. The SMILES string of the molecule is COc1ccccc1OCCOCCOCCOCCN1CCCCC1. The van der Waals surface area contributed by atoms with E-state index in [0.29, 0.717) is 39.6 Å². The minimum absolute atomic E-state index is 0.486. The van der Waals surface area contributed by atoms with Crippen LogP contribution in [-0.2, 0) is 14.2 Å². The standard InChI is InChI=1S/C20H33NO5/c1-22-19-7-3-4-8-20(19)26-18-17-25-16-15-24-14-13-23-12-11-21-9-5-2-6-10-21/h3-4,7-8H,2,5-6,9-18H2,1H3. The van der Waals surface area contributed by atoms with Crippen LogP contribution in [-0.4, -0.2) is 77.9 Å². The number of methoxy groups -OCH3 is 1. The lowest BCUT2D eigenvalue weighted by Crippen LogP contribution is -2.32. The van der Waals surface area contributed by atoms with Crippen LogP contribution >= 0.6 is 0 Å². The maximum atomic E-state index is 5.64. The fraction of sp³-hybridized carbons (Fsp3) is 0.700. The largest absolute Gasteiger partial charge is 0.493 e. The van der Waals surface area contributed by atoms with Crippen molar-refractivity contribution in [3.8, 4) is 11.5 Å². The van der Waals surface area contributed by atoms with Gasteiger partial charge in [0.1, 0.15) is 6.61 Å². The highest BCUT2D eigenvalue weighted by molar-refractivity contribution is 5.39. The molecule has 1 fully saturated rings. The predicted octanol–water partition coefficient (Wildman–Crippen LogP) is 2.61. The van der Waals surface area contributed by atoms with Gasteiger partial charge >= 0.3 is 0 Å². The molecule has 2 rings (SSSR count). The molecule has 0 aliphatic carbocycles. The quantitative estimate of drug-likeness (QED) is 0.471. The lowest BCUT2D eigenvalue weighted by Gasteiger charge is -2.26. The zero-order chi connectivity index (χ0) is 18.3. The van der Waals surface area contributed by atoms with Gasteiger partial charge in [-0.1, -0.05) is 18.6 Å². The lowest BCUT2D eigenvalue weighted by atomic mass is 10.1. The average Bonchev–Trinajstić information content (AvgIpc) is 2.70. The summed E-state index contributed by atoms with van der Waals surface area (Å²) in [6, 6.07) is 7.59. The van der Waals surface area contributed by atoms with Crippen molar-refractivity contribution < 1.29 is 23.7 Å². The first-order chi connectivity index (χ1) is 12.9. The summed E-state index contributed by atoms with van der Waals surface area (Å²) >= 11 is 0. The maximum absolute atomic E-state index is 5.64. The molecule has 0 bridgehead atoms. The van der Waals surface area contributed by atoms with Gasteiger partial charge in [-0.15, -0.1) is 0 Å². The van der Waals surface area contributed by atoms with Gasteiger partial charge in [0.25, 0.3) is 0 Å². The molecule has 1 saturated heterocycles. The molecule has 148 valence electrons. The van der Waals surface area contributed by atoms with Crippen molar-refractivity contribution in [1.29, 1.82) is 0 Å². The van der Waals surface area contributed by atoms with Crippen molar-refractivity contribution in [2.45, 2.75) is 19.3 Å². The monoisotopic (exact) mass is 367 g/mol. The van der Waals surface area contributed by atoms with Crippen LogP contribution in [0.3, 0.4) is 0 Å². The fourth-order valence-electron chi connectivity index (χ4n) is 2.87. The summed E-state index contributed by atoms with van der Waals surface area (Å²) in [6.45, 7) is 7.66. The van der Waals surface area contributed by atoms with Crippen LogP contribution in [0.25, 0.3) is 0 Å². The number of hydrogen-bond donors (Lipinski definition) is 0. The predicted molar refractivity (Wildman–Crippen MR) is 101 cm³/mol. The molecule has 0 atom stereocenters. The van der Waals surface area contributed by atoms with E-state index >= 15 is 0 Å². The van der Waals surface area contributed by atoms with Crippen molar-refractivity contribution >= 4 is 0 Å². The third-order valence-corrected chi connectivity index (χ3v) is 4.30. The van der Waals surface area contributed by atoms with Gasteiger partial charge in [0.05, 0.1) is 46.8 Å². The summed E-state index contributed by atoms with van der Waals surface area (Å²) in [5.74, 6) is 1.47. The highest BCUT2D eigenvalue weighted by atomic mass is 16.6. The summed E-state index contributed by atoms with van der Waals surface area (Å²) in [5.41, 5.74) is 0. The van der Waals surface area contributed by atoms with E-state index in [1.54, 1.807) is 7.11 Å². The molecule has 26 heavy (non-hydrogen) atoms. The molecule has 0 saturated carbocycles. The maximum Gasteiger partial charge on any atom is 0.161 e. The molecular weight excluding hydrogens is 334 g/mol. The topological polar surface area (TPSA) is 49.4 Å². The molecule has 1 aliphatic rings. The molecule has 0 aromatic heterocycles. The minimum Gasteiger partial charge on any atom is -0.493 e. The van der Waals surface area contributed by atoms with Crippen LogP contribution in [0.1, 0.15) is 19.3 Å². The van der Waals surface area contributed by atoms with Gasteiger partial charge < -0.3 is 28.6 Å². The van der Waals surface area contributed by atoms with Crippen LogP contribution in [0.4, 0.5) is 0 Å². The molecule has 0 unspecified atom stereocenters. The van der Waals surface area contributed by atoms with Gasteiger partial charge in [0.2, 0.25) is 0 Å². The van der Waals surface area contributed by atoms with Crippen LogP contribution < -0.4 is 9.47 Å². The number of nitrogens with zero attached hydrogens (tertiary/aromatic N) is 1. The Hall–Kier alpha value is -1.34. The van der Waals surface area contributed by atoms with E-state index in [9.17, 15) is 0 Å². The Kier molecular flexibility index (Phi) is 11.1. The molecule has 0 spiro atoms. The Bertz CT molecular complexity index is 465. The van der Waals surface area contributed by atoms with Crippen molar-refractivity contribution in [2.24, 2.45) is 0 Å². The smallest absolute Gasteiger partial charge is 0.161 e. The van der Waals surface area contributed by atoms with E-state index in [1.165, 1.54) is 32.4 Å². The molecule has 6 heteroatoms. The number of likely N-dealkylation sites (tertiary alicyclic amines) is 1. The second-order valence-corrected chi connectivity index (χ2v) is 6.24. The second-order valence-electron chi connectivity index (χ2n) is 6.24. The number of ether oxygens (including phenoxy) is 5. The number of para-hydroxylation sites is 2. The average molecular weight is 367 g/mol. The van der Waals surface area contributed by atoms with Gasteiger partial charge in [-0.2, -0.15) is 0 Å². The molecule has 0 radical (unpaired) electrons. The number of hydrogen-bond acceptors (Lipinski definition) is 6. The van der Waals surface area contributed by atoms with E-state index in [4.69, 9.17) is 23.7 Å². The first kappa shape index (κ1) is 21.0. The summed E-state index contributed by atoms with van der Waals surface area (Å²) in [5, 5.41) is 0. The van der Waals surface area contributed by atoms with Gasteiger partial charge in [-0.25, -0.2) is 0 Å². The normalized spacial score (nSPS) is 15.1. The first-order valence-electron chi connectivity index (χ1n) is 9.61. The van der Waals surface area contributed by atoms with E-state index in [0.717, 1.165) is 24.7 Å². The van der Waals surface area contributed by atoms with E-state index in [-0.39, 0.29) is 0 Å². The molecule has 1 aliphatic heterocycles. The summed E-state index contributed by atoms with van der Waals surface area (Å²) < 4.78 is 27.5. The first-order valence-corrected chi connectivity index (χ1v) is 9.61. The van der Waals surface area contributed by atoms with Crippen LogP contribution in [0.5, 0.6) is 11.5 Å².